The van der Waals surface area contributed by atoms with Crippen molar-refractivity contribution < 1.29 is 62.3 Å². The van der Waals surface area contributed by atoms with Gasteiger partial charge in [-0.2, -0.15) is 0 Å². The SMILES string of the molecule is CC(C)CC(CC(=O)C(=O)[O-])C(=O)[O-].[Li+].[Li+]. The normalized spacial score (nSPS) is 10.9. The molecule has 0 saturated heterocycles. The summed E-state index contributed by atoms with van der Waals surface area (Å²) >= 11 is 0. The average Bonchev–Trinajstić information content (AvgIpc) is 2.01. The molecule has 16 heavy (non-hydrogen) atoms. The average molecular weight is 214 g/mol. The first-order valence-corrected chi connectivity index (χ1v) is 4.29. The minimum atomic E-state index is -1.85. The first-order valence-electron chi connectivity index (χ1n) is 4.29. The molecule has 1 atom stereocenters. The molecule has 0 aromatic carbocycles. The van der Waals surface area contributed by atoms with Crippen molar-refractivity contribution in [3.8, 4) is 0 Å². The molecule has 0 aromatic rings. The van der Waals surface area contributed by atoms with E-state index in [1.807, 2.05) is 0 Å². The molecule has 0 heterocycles. The maximum absolute atomic E-state index is 10.7. The van der Waals surface area contributed by atoms with Crippen molar-refractivity contribution in [2.24, 2.45) is 11.8 Å². The van der Waals surface area contributed by atoms with Crippen LogP contribution in [0.3, 0.4) is 0 Å². The van der Waals surface area contributed by atoms with Crippen molar-refractivity contribution >= 4 is 17.7 Å². The quantitative estimate of drug-likeness (QED) is 0.323. The summed E-state index contributed by atoms with van der Waals surface area (Å²) in [5.41, 5.74) is 0. The van der Waals surface area contributed by atoms with Crippen molar-refractivity contribution in [2.75, 3.05) is 0 Å². The van der Waals surface area contributed by atoms with E-state index >= 15 is 0 Å². The summed E-state index contributed by atoms with van der Waals surface area (Å²) in [4.78, 5) is 31.3. The number of Topliss-reactive ketones (excluding diaryl/α,β-unsaturated/α-hetero) is 1. The van der Waals surface area contributed by atoms with Gasteiger partial charge in [0.15, 0.2) is 5.78 Å². The Morgan fingerprint density at radius 1 is 1.06 bits per heavy atom. The molecular formula is C9H12Li2O5. The van der Waals surface area contributed by atoms with E-state index in [1.54, 1.807) is 13.8 Å². The second-order valence-electron chi connectivity index (χ2n) is 3.56. The van der Waals surface area contributed by atoms with Gasteiger partial charge in [-0.15, -0.1) is 0 Å². The molecular weight excluding hydrogens is 202 g/mol. The molecule has 80 valence electrons. The zero-order valence-electron chi connectivity index (χ0n) is 10.1. The van der Waals surface area contributed by atoms with Gasteiger partial charge < -0.3 is 19.8 Å². The van der Waals surface area contributed by atoms with Crippen LogP contribution in [0.25, 0.3) is 0 Å². The number of carbonyl (C=O) groups is 3. The first kappa shape index (κ1) is 21.1. The minimum Gasteiger partial charge on any atom is -0.550 e. The molecule has 0 N–H and O–H groups in total. The van der Waals surface area contributed by atoms with E-state index in [0.717, 1.165) is 0 Å². The number of hydrogen-bond acceptors (Lipinski definition) is 5. The molecule has 0 fully saturated rings. The minimum absolute atomic E-state index is 0. The van der Waals surface area contributed by atoms with Crippen LogP contribution in [0.15, 0.2) is 0 Å². The van der Waals surface area contributed by atoms with Gasteiger partial charge in [-0.25, -0.2) is 0 Å². The summed E-state index contributed by atoms with van der Waals surface area (Å²) in [5, 5.41) is 20.6. The van der Waals surface area contributed by atoms with Crippen molar-refractivity contribution in [2.45, 2.75) is 26.7 Å². The Morgan fingerprint density at radius 2 is 1.50 bits per heavy atom. The summed E-state index contributed by atoms with van der Waals surface area (Å²) < 4.78 is 0. The Morgan fingerprint density at radius 3 is 1.75 bits per heavy atom. The van der Waals surface area contributed by atoms with E-state index < -0.39 is 30.1 Å². The number of carboxylic acid groups (broad SMARTS) is 2. The second-order valence-corrected chi connectivity index (χ2v) is 3.56. The molecule has 0 spiro atoms. The van der Waals surface area contributed by atoms with Gasteiger partial charge in [0.25, 0.3) is 0 Å². The van der Waals surface area contributed by atoms with Gasteiger partial charge in [-0.05, 0) is 12.3 Å². The van der Waals surface area contributed by atoms with Gasteiger partial charge in [0, 0.05) is 18.3 Å². The van der Waals surface area contributed by atoms with Gasteiger partial charge in [0.05, 0.1) is 0 Å². The van der Waals surface area contributed by atoms with Crippen LogP contribution in [0.4, 0.5) is 0 Å². The van der Waals surface area contributed by atoms with E-state index in [1.165, 1.54) is 0 Å². The van der Waals surface area contributed by atoms with Gasteiger partial charge in [0.1, 0.15) is 5.97 Å². The third-order valence-corrected chi connectivity index (χ3v) is 1.75. The van der Waals surface area contributed by atoms with E-state index in [0.29, 0.717) is 0 Å². The number of ketones is 1. The smallest absolute Gasteiger partial charge is 0.550 e. The van der Waals surface area contributed by atoms with Crippen LogP contribution in [0, 0.1) is 11.8 Å². The standard InChI is InChI=1S/C9H14O5.2Li/c1-5(2)3-6(8(11)12)4-7(10)9(13)14;;/h5-6H,3-4H2,1-2H3,(H,11,12)(H,13,14);;/q;2*+1/p-2. The molecule has 1 unspecified atom stereocenters. The van der Waals surface area contributed by atoms with Crippen LogP contribution in [-0.4, -0.2) is 17.7 Å². The molecule has 0 radical (unpaired) electrons. The number of carboxylic acids is 2. The Bertz CT molecular complexity index is 252. The van der Waals surface area contributed by atoms with E-state index in [2.05, 4.69) is 0 Å². The van der Waals surface area contributed by atoms with E-state index in [9.17, 15) is 24.6 Å². The Labute approximate surface area is 118 Å². The summed E-state index contributed by atoms with van der Waals surface area (Å²) in [6, 6.07) is 0. The maximum atomic E-state index is 10.7. The number of aliphatic carboxylic acids is 2. The van der Waals surface area contributed by atoms with Crippen LogP contribution < -0.4 is 47.9 Å². The number of rotatable bonds is 6. The van der Waals surface area contributed by atoms with E-state index in [-0.39, 0.29) is 50.1 Å². The predicted molar refractivity (Wildman–Crippen MR) is 42.6 cm³/mol. The van der Waals surface area contributed by atoms with Crippen molar-refractivity contribution in [3.05, 3.63) is 0 Å². The zero-order valence-corrected chi connectivity index (χ0v) is 10.1. The molecule has 0 aliphatic heterocycles. The first-order chi connectivity index (χ1) is 6.34. The van der Waals surface area contributed by atoms with Gasteiger partial charge in [-0.3, -0.25) is 4.79 Å². The van der Waals surface area contributed by atoms with Crippen molar-refractivity contribution in [1.29, 1.82) is 0 Å². The fraction of sp³-hybridized carbons (Fsp3) is 0.667. The zero-order chi connectivity index (χ0) is 11.3. The van der Waals surface area contributed by atoms with Gasteiger partial charge in [0.2, 0.25) is 0 Å². The maximum Gasteiger partial charge on any atom is 1.00 e. The summed E-state index contributed by atoms with van der Waals surface area (Å²) in [6.07, 6.45) is -0.329. The molecule has 0 saturated carbocycles. The predicted octanol–water partition coefficient (Wildman–Crippen LogP) is -7.88. The van der Waals surface area contributed by atoms with Crippen molar-refractivity contribution in [1.82, 2.24) is 0 Å². The molecule has 0 bridgehead atoms. The van der Waals surface area contributed by atoms with Crippen LogP contribution in [0.1, 0.15) is 26.7 Å². The van der Waals surface area contributed by atoms with E-state index in [4.69, 9.17) is 0 Å². The summed E-state index contributed by atoms with van der Waals surface area (Å²) in [7, 11) is 0. The fourth-order valence-corrected chi connectivity index (χ4v) is 1.14. The molecule has 0 aliphatic rings. The summed E-state index contributed by atoms with van der Waals surface area (Å²) in [5.74, 6) is -5.42. The van der Waals surface area contributed by atoms with Crippen LogP contribution in [0.2, 0.25) is 0 Å². The largest absolute Gasteiger partial charge is 1.00 e. The second kappa shape index (κ2) is 9.99. The molecule has 0 amide bonds. The Hall–Kier alpha value is -0.195. The van der Waals surface area contributed by atoms with Crippen LogP contribution in [-0.2, 0) is 14.4 Å². The fourth-order valence-electron chi connectivity index (χ4n) is 1.14. The number of hydrogen-bond donors (Lipinski definition) is 0. The van der Waals surface area contributed by atoms with Gasteiger partial charge in [-0.1, -0.05) is 13.8 Å². The molecule has 7 heteroatoms. The summed E-state index contributed by atoms with van der Waals surface area (Å²) in [6.45, 7) is 3.55. The van der Waals surface area contributed by atoms with Crippen molar-refractivity contribution in [3.63, 3.8) is 0 Å². The third-order valence-electron chi connectivity index (χ3n) is 1.75. The monoisotopic (exact) mass is 214 g/mol. The topological polar surface area (TPSA) is 97.3 Å². The molecule has 0 aliphatic carbocycles. The molecule has 0 rings (SSSR count). The molecule has 0 aromatic heterocycles. The Balaban J connectivity index is -0.000000845. The van der Waals surface area contributed by atoms with Gasteiger partial charge >= 0.3 is 37.7 Å². The number of carbonyl (C=O) groups excluding carboxylic acids is 3. The Kier molecular flexibility index (Phi) is 13.2. The van der Waals surface area contributed by atoms with Crippen LogP contribution >= 0.6 is 0 Å². The third kappa shape index (κ3) is 9.06. The van der Waals surface area contributed by atoms with Crippen LogP contribution in [0.5, 0.6) is 0 Å². The molecule has 5 nitrogen and oxygen atoms in total.